The molecular weight excluding hydrogens is 502 g/mol. The van der Waals surface area contributed by atoms with Crippen molar-refractivity contribution in [3.05, 3.63) is 23.2 Å². The van der Waals surface area contributed by atoms with E-state index >= 15 is 0 Å². The molecule has 4 fully saturated rings. The summed E-state index contributed by atoms with van der Waals surface area (Å²) in [7, 11) is -3.41. The molecule has 4 aliphatic heterocycles. The molecule has 0 spiro atoms. The fourth-order valence-electron chi connectivity index (χ4n) is 6.36. The third kappa shape index (κ3) is 3.13. The quantitative estimate of drug-likeness (QED) is 0.354. The Kier molecular flexibility index (Phi) is 4.87. The minimum atomic E-state index is -3.41. The van der Waals surface area contributed by atoms with Crippen LogP contribution >= 0.6 is 11.3 Å². The summed E-state index contributed by atoms with van der Waals surface area (Å²) in [4.78, 5) is 11.7. The molecule has 3 aromatic heterocycles. The minimum absolute atomic E-state index is 0.124. The second-order valence-corrected chi connectivity index (χ2v) is 13.2. The maximum Gasteiger partial charge on any atom is 0.233 e. The van der Waals surface area contributed by atoms with Crippen LogP contribution in [0.15, 0.2) is 17.5 Å². The molecule has 0 saturated carbocycles. The second-order valence-electron chi connectivity index (χ2n) is 10.1. The number of hydrogen-bond donors (Lipinski definition) is 4. The number of fused-ring (bicyclic) bond motifs is 1. The molecule has 12 nitrogen and oxygen atoms in total. The molecule has 3 aromatic rings. The zero-order chi connectivity index (χ0) is 24.7. The lowest BCUT2D eigenvalue weighted by atomic mass is 9.68. The number of hydrogen-bond acceptors (Lipinski definition) is 11. The molecule has 0 amide bonds. The highest BCUT2D eigenvalue weighted by Crippen LogP contribution is 2.60. The Labute approximate surface area is 211 Å². The van der Waals surface area contributed by atoms with Gasteiger partial charge >= 0.3 is 0 Å². The number of anilines is 3. The second kappa shape index (κ2) is 7.83. The van der Waals surface area contributed by atoms with Crippen LogP contribution in [0, 0.1) is 17.2 Å². The van der Waals surface area contributed by atoms with E-state index in [0.29, 0.717) is 49.2 Å². The summed E-state index contributed by atoms with van der Waals surface area (Å²) >= 11 is 1.53. The summed E-state index contributed by atoms with van der Waals surface area (Å²) in [5.41, 5.74) is 0.608. The van der Waals surface area contributed by atoms with E-state index in [9.17, 15) is 13.5 Å². The van der Waals surface area contributed by atoms with Gasteiger partial charge in [-0.3, -0.25) is 10.00 Å². The van der Waals surface area contributed by atoms with Crippen molar-refractivity contribution in [2.75, 3.05) is 23.7 Å². The summed E-state index contributed by atoms with van der Waals surface area (Å²) in [6.07, 6.45) is 2.95. The van der Waals surface area contributed by atoms with E-state index in [1.54, 1.807) is 6.07 Å². The number of thiophene rings is 1. The van der Waals surface area contributed by atoms with Gasteiger partial charge in [-0.1, -0.05) is 0 Å². The maximum atomic E-state index is 13.3. The maximum absolute atomic E-state index is 13.3. The van der Waals surface area contributed by atoms with Gasteiger partial charge in [-0.05, 0) is 37.1 Å². The number of sulfonamides is 1. The first-order valence-electron chi connectivity index (χ1n) is 12.0. The van der Waals surface area contributed by atoms with E-state index in [1.165, 1.54) is 15.6 Å². The molecule has 7 heterocycles. The van der Waals surface area contributed by atoms with Gasteiger partial charge in [0.05, 0.1) is 29.7 Å². The van der Waals surface area contributed by atoms with E-state index in [4.69, 9.17) is 15.2 Å². The van der Waals surface area contributed by atoms with Crippen LogP contribution in [0.1, 0.15) is 31.4 Å². The highest BCUT2D eigenvalue weighted by atomic mass is 32.2. The lowest BCUT2D eigenvalue weighted by molar-refractivity contribution is -0.176. The van der Waals surface area contributed by atoms with Crippen molar-refractivity contribution in [3.8, 4) is 6.07 Å². The van der Waals surface area contributed by atoms with Gasteiger partial charge in [0, 0.05) is 37.3 Å². The molecule has 0 radical (unpaired) electrons. The Morgan fingerprint density at radius 1 is 1.28 bits per heavy atom. The topological polar surface area (TPSA) is 163 Å². The molecule has 1 unspecified atom stereocenters. The molecular formula is C22H25N9O3S2. The molecule has 0 bridgehead atoms. The standard InChI is InChI=1S/C22H25N9O3S2/c23-8-12-9-30(10-12)36(33,34)22-6-15-3-13(4-16(7-22)31(15)22)24-21-26-19(17-1-2-35-20(17)27-21)25-18-5-14(11-32)28-29-18/h1-2,5,12-13,15-16,32H,3-4,6-7,9-11H2,(H3,24,25,26,27,28,29)/t13-,15+,16-,22?. The van der Waals surface area contributed by atoms with Crippen molar-refractivity contribution >= 4 is 49.2 Å². The molecule has 0 aliphatic carbocycles. The molecule has 4 saturated heterocycles. The van der Waals surface area contributed by atoms with Crippen molar-refractivity contribution in [2.45, 2.75) is 55.3 Å². The molecule has 14 heteroatoms. The SMILES string of the molecule is N#CC1CN(S(=O)(=O)C23C[C@H]4C[C@H](Nc5nc(Nc6cc(CO)[nH]n6)c6ccsc6n5)C[C@@H](C2)N43)C1. The van der Waals surface area contributed by atoms with Gasteiger partial charge in [0.1, 0.15) is 15.5 Å². The summed E-state index contributed by atoms with van der Waals surface area (Å²) in [6.45, 7) is 0.528. The Morgan fingerprint density at radius 3 is 2.75 bits per heavy atom. The molecule has 4 atom stereocenters. The Hall–Kier alpha value is -2.83. The van der Waals surface area contributed by atoms with Crippen LogP contribution in [0.4, 0.5) is 17.6 Å². The van der Waals surface area contributed by atoms with Crippen LogP contribution in [0.3, 0.4) is 0 Å². The number of nitrogens with zero attached hydrogens (tertiary/aromatic N) is 6. The van der Waals surface area contributed by atoms with Crippen LogP contribution in [-0.2, 0) is 16.6 Å². The number of nitrogens with one attached hydrogen (secondary N) is 3. The molecule has 36 heavy (non-hydrogen) atoms. The Bertz CT molecular complexity index is 1470. The first-order chi connectivity index (χ1) is 17.4. The first kappa shape index (κ1) is 22.4. The molecule has 0 aromatic carbocycles. The van der Waals surface area contributed by atoms with Crippen molar-refractivity contribution in [2.24, 2.45) is 5.92 Å². The van der Waals surface area contributed by atoms with E-state index in [1.807, 2.05) is 11.4 Å². The van der Waals surface area contributed by atoms with E-state index in [-0.39, 0.29) is 30.7 Å². The summed E-state index contributed by atoms with van der Waals surface area (Å²) in [6, 6.07) is 6.46. The Balaban J connectivity index is 1.06. The van der Waals surface area contributed by atoms with Crippen molar-refractivity contribution in [1.82, 2.24) is 29.4 Å². The van der Waals surface area contributed by atoms with E-state index in [0.717, 1.165) is 23.1 Å². The zero-order valence-corrected chi connectivity index (χ0v) is 20.9. The monoisotopic (exact) mass is 527 g/mol. The number of H-pyrrole nitrogens is 1. The number of rotatable bonds is 7. The van der Waals surface area contributed by atoms with Gasteiger partial charge in [0.25, 0.3) is 0 Å². The minimum Gasteiger partial charge on any atom is -0.390 e. The highest BCUT2D eigenvalue weighted by molar-refractivity contribution is 7.90. The van der Waals surface area contributed by atoms with Crippen LogP contribution in [0.5, 0.6) is 0 Å². The molecule has 4 aliphatic rings. The lowest BCUT2D eigenvalue weighted by Crippen LogP contribution is -2.85. The summed E-state index contributed by atoms with van der Waals surface area (Å²) in [5.74, 6) is 1.56. The number of piperidine rings is 2. The lowest BCUT2D eigenvalue weighted by Gasteiger charge is -2.72. The highest BCUT2D eigenvalue weighted by Gasteiger charge is 2.73. The average Bonchev–Trinajstić information content (AvgIpc) is 3.44. The predicted octanol–water partition coefficient (Wildman–Crippen LogP) is 1.55. The number of aromatic amines is 1. The van der Waals surface area contributed by atoms with E-state index < -0.39 is 14.9 Å². The zero-order valence-electron chi connectivity index (χ0n) is 19.3. The Morgan fingerprint density at radius 2 is 2.06 bits per heavy atom. The largest absolute Gasteiger partial charge is 0.390 e. The predicted molar refractivity (Wildman–Crippen MR) is 133 cm³/mol. The van der Waals surface area contributed by atoms with Gasteiger partial charge < -0.3 is 15.7 Å². The van der Waals surface area contributed by atoms with Gasteiger partial charge in [0.2, 0.25) is 16.0 Å². The normalized spacial score (nSPS) is 30.1. The fourth-order valence-corrected chi connectivity index (χ4v) is 9.72. The van der Waals surface area contributed by atoms with Gasteiger partial charge in [-0.2, -0.15) is 19.6 Å². The van der Waals surface area contributed by atoms with Crippen LogP contribution < -0.4 is 10.6 Å². The van der Waals surface area contributed by atoms with E-state index in [2.05, 4.69) is 31.8 Å². The first-order valence-corrected chi connectivity index (χ1v) is 14.3. The summed E-state index contributed by atoms with van der Waals surface area (Å²) < 4.78 is 28.0. The van der Waals surface area contributed by atoms with Gasteiger partial charge in [-0.25, -0.2) is 13.4 Å². The van der Waals surface area contributed by atoms with Crippen LogP contribution in [0.2, 0.25) is 0 Å². The van der Waals surface area contributed by atoms with Crippen LogP contribution in [-0.4, -0.2) is 79.0 Å². The molecule has 7 rings (SSSR count). The number of aromatic nitrogens is 4. The average molecular weight is 528 g/mol. The number of aliphatic hydroxyl groups excluding tert-OH is 1. The third-order valence-electron chi connectivity index (χ3n) is 8.04. The van der Waals surface area contributed by atoms with Crippen LogP contribution in [0.25, 0.3) is 10.2 Å². The molecule has 188 valence electrons. The van der Waals surface area contributed by atoms with Crippen molar-refractivity contribution in [3.63, 3.8) is 0 Å². The van der Waals surface area contributed by atoms with Crippen molar-refractivity contribution in [1.29, 1.82) is 5.26 Å². The number of aliphatic hydroxyl groups is 1. The third-order valence-corrected chi connectivity index (χ3v) is 11.3. The van der Waals surface area contributed by atoms with Gasteiger partial charge in [-0.15, -0.1) is 11.3 Å². The van der Waals surface area contributed by atoms with Gasteiger partial charge in [0.15, 0.2) is 5.82 Å². The summed E-state index contributed by atoms with van der Waals surface area (Å²) in [5, 5.41) is 34.9. The smallest absolute Gasteiger partial charge is 0.233 e. The molecule has 4 N–H and O–H groups in total. The fraction of sp³-hybridized carbons (Fsp3) is 0.545. The number of nitriles is 1. The van der Waals surface area contributed by atoms with Crippen molar-refractivity contribution < 1.29 is 13.5 Å².